The summed E-state index contributed by atoms with van der Waals surface area (Å²) in [6.45, 7) is 6.32. The van der Waals surface area contributed by atoms with E-state index in [1.54, 1.807) is 5.12 Å². The van der Waals surface area contributed by atoms with Gasteiger partial charge in [0.25, 0.3) is 0 Å². The van der Waals surface area contributed by atoms with Crippen molar-refractivity contribution in [3.8, 4) is 5.75 Å². The summed E-state index contributed by atoms with van der Waals surface area (Å²) in [7, 11) is 0. The third-order valence-corrected chi connectivity index (χ3v) is 4.04. The third-order valence-electron chi connectivity index (χ3n) is 4.04. The van der Waals surface area contributed by atoms with Gasteiger partial charge in [-0.05, 0) is 48.6 Å². The Labute approximate surface area is 125 Å². The van der Waals surface area contributed by atoms with Gasteiger partial charge in [0.2, 0.25) is 0 Å². The highest BCUT2D eigenvalue weighted by atomic mass is 16.3. The molecule has 0 bridgehead atoms. The molecule has 4 heteroatoms. The van der Waals surface area contributed by atoms with E-state index in [1.807, 2.05) is 30.3 Å². The van der Waals surface area contributed by atoms with Crippen molar-refractivity contribution in [1.82, 2.24) is 0 Å². The smallest absolute Gasteiger partial charge is 0.146 e. The van der Waals surface area contributed by atoms with Crippen LogP contribution in [0.2, 0.25) is 0 Å². The molecule has 0 aromatic heterocycles. The molecule has 0 saturated heterocycles. The molecule has 2 aromatic carbocycles. The van der Waals surface area contributed by atoms with Crippen molar-refractivity contribution in [2.45, 2.75) is 33.1 Å². The predicted octanol–water partition coefficient (Wildman–Crippen LogP) is 4.39. The van der Waals surface area contributed by atoms with E-state index < -0.39 is 0 Å². The van der Waals surface area contributed by atoms with Gasteiger partial charge in [-0.3, -0.25) is 10.9 Å². The fourth-order valence-electron chi connectivity index (χ4n) is 2.62. The van der Waals surface area contributed by atoms with E-state index in [-0.39, 0.29) is 0 Å². The molecular weight excluding hydrogens is 262 g/mol. The van der Waals surface area contributed by atoms with Crippen LogP contribution < -0.4 is 16.0 Å². The highest BCUT2D eigenvalue weighted by Crippen LogP contribution is 2.40. The molecule has 1 atom stereocenters. The number of aromatic hydroxyl groups is 1. The maximum atomic E-state index is 10.6. The number of aryl methyl sites for hydroxylation is 1. The number of para-hydroxylation sites is 2. The lowest BCUT2D eigenvalue weighted by atomic mass is 9.95. The van der Waals surface area contributed by atoms with Gasteiger partial charge in [0.05, 0.1) is 11.4 Å². The van der Waals surface area contributed by atoms with Crippen LogP contribution in [0, 0.1) is 6.92 Å². The van der Waals surface area contributed by atoms with Gasteiger partial charge < -0.3 is 5.11 Å². The van der Waals surface area contributed by atoms with Gasteiger partial charge in [-0.2, -0.15) is 5.12 Å². The van der Waals surface area contributed by atoms with Gasteiger partial charge >= 0.3 is 0 Å². The summed E-state index contributed by atoms with van der Waals surface area (Å²) < 4.78 is 0. The van der Waals surface area contributed by atoms with Crippen LogP contribution in [-0.2, 0) is 0 Å². The van der Waals surface area contributed by atoms with E-state index >= 15 is 0 Å². The summed E-state index contributed by atoms with van der Waals surface area (Å²) in [4.78, 5) is 0. The van der Waals surface area contributed by atoms with Crippen LogP contribution in [0.1, 0.15) is 37.3 Å². The summed E-state index contributed by atoms with van der Waals surface area (Å²) in [6, 6.07) is 12.0. The Morgan fingerprint density at radius 2 is 1.76 bits per heavy atom. The van der Waals surface area contributed by atoms with Crippen molar-refractivity contribution >= 4 is 17.1 Å². The maximum Gasteiger partial charge on any atom is 0.146 e. The molecule has 0 radical (unpaired) electrons. The lowest BCUT2D eigenvalue weighted by Gasteiger charge is -2.23. The Hall–Kier alpha value is -2.36. The van der Waals surface area contributed by atoms with E-state index in [0.717, 1.165) is 34.6 Å². The van der Waals surface area contributed by atoms with Gasteiger partial charge in [-0.25, -0.2) is 0 Å². The van der Waals surface area contributed by atoms with E-state index in [2.05, 4.69) is 37.7 Å². The van der Waals surface area contributed by atoms with E-state index in [1.165, 1.54) is 0 Å². The molecule has 3 N–H and O–H groups in total. The third kappa shape index (κ3) is 2.37. The fourth-order valence-corrected chi connectivity index (χ4v) is 2.62. The molecule has 2 aromatic rings. The van der Waals surface area contributed by atoms with Gasteiger partial charge in [-0.1, -0.05) is 32.0 Å². The molecule has 0 aliphatic carbocycles. The van der Waals surface area contributed by atoms with E-state index in [0.29, 0.717) is 11.7 Å². The number of hydrogen-bond donors (Lipinski definition) is 3. The minimum Gasteiger partial charge on any atom is -0.505 e. The minimum absolute atomic E-state index is 0.327. The normalized spacial score (nSPS) is 14.3. The fraction of sp³-hybridized carbons (Fsp3) is 0.294. The van der Waals surface area contributed by atoms with Crippen LogP contribution in [0.5, 0.6) is 5.75 Å². The first-order valence-electron chi connectivity index (χ1n) is 7.36. The number of rotatable bonds is 3. The number of nitrogens with one attached hydrogen (secondary N) is 2. The van der Waals surface area contributed by atoms with E-state index in [4.69, 9.17) is 0 Å². The molecule has 0 fully saturated rings. The quantitative estimate of drug-likeness (QED) is 0.782. The zero-order chi connectivity index (χ0) is 15.0. The summed E-state index contributed by atoms with van der Waals surface area (Å²) in [5.74, 6) is 0.663. The molecule has 0 spiro atoms. The lowest BCUT2D eigenvalue weighted by molar-refractivity contribution is 0.462. The largest absolute Gasteiger partial charge is 0.505 e. The Kier molecular flexibility index (Phi) is 3.37. The Bertz CT molecular complexity index is 644. The SMILES string of the molecule is CCC(C)c1cc(C)cc(N2Nc3ccccc3N2)c1O. The number of fused-ring (bicyclic) bond motifs is 1. The monoisotopic (exact) mass is 283 g/mol. The van der Waals surface area contributed by atoms with Crippen LogP contribution in [0.15, 0.2) is 36.4 Å². The van der Waals surface area contributed by atoms with Crippen molar-refractivity contribution in [2.24, 2.45) is 0 Å². The zero-order valence-corrected chi connectivity index (χ0v) is 12.6. The second kappa shape index (κ2) is 5.20. The van der Waals surface area contributed by atoms with Crippen molar-refractivity contribution in [2.75, 3.05) is 16.0 Å². The topological polar surface area (TPSA) is 47.5 Å². The number of benzene rings is 2. The predicted molar refractivity (Wildman–Crippen MR) is 87.7 cm³/mol. The van der Waals surface area contributed by atoms with Gasteiger partial charge in [0.15, 0.2) is 0 Å². The first-order valence-corrected chi connectivity index (χ1v) is 7.36. The minimum atomic E-state index is 0.327. The number of phenols is 1. The molecule has 0 saturated carbocycles. The molecular formula is C17H21N3O. The second-order valence-electron chi connectivity index (χ2n) is 5.64. The maximum absolute atomic E-state index is 10.6. The number of anilines is 3. The highest BCUT2D eigenvalue weighted by Gasteiger charge is 2.23. The Balaban J connectivity index is 1.99. The van der Waals surface area contributed by atoms with Crippen LogP contribution in [-0.4, -0.2) is 5.11 Å². The second-order valence-corrected chi connectivity index (χ2v) is 5.64. The molecule has 1 unspecified atom stereocenters. The average Bonchev–Trinajstić information content (AvgIpc) is 2.92. The van der Waals surface area contributed by atoms with Crippen molar-refractivity contribution in [3.05, 3.63) is 47.5 Å². The van der Waals surface area contributed by atoms with Gasteiger partial charge in [0.1, 0.15) is 11.4 Å². The molecule has 21 heavy (non-hydrogen) atoms. The summed E-state index contributed by atoms with van der Waals surface area (Å²) in [5.41, 5.74) is 11.4. The van der Waals surface area contributed by atoms with Crippen LogP contribution >= 0.6 is 0 Å². The van der Waals surface area contributed by atoms with Crippen LogP contribution in [0.25, 0.3) is 0 Å². The molecule has 4 nitrogen and oxygen atoms in total. The number of hydrazine groups is 2. The molecule has 1 heterocycles. The molecule has 110 valence electrons. The first-order chi connectivity index (χ1) is 10.1. The molecule has 3 rings (SSSR count). The number of phenolic OH excluding ortho intramolecular Hbond substituents is 1. The number of nitrogens with zero attached hydrogens (tertiary/aromatic N) is 1. The van der Waals surface area contributed by atoms with Crippen molar-refractivity contribution < 1.29 is 5.11 Å². The summed E-state index contributed by atoms with van der Waals surface area (Å²) in [5, 5.41) is 12.4. The van der Waals surface area contributed by atoms with Crippen LogP contribution in [0.3, 0.4) is 0 Å². The number of hydrogen-bond acceptors (Lipinski definition) is 4. The first kappa shape index (κ1) is 13.6. The highest BCUT2D eigenvalue weighted by molar-refractivity contribution is 5.81. The van der Waals surface area contributed by atoms with Gasteiger partial charge in [-0.15, -0.1) is 0 Å². The molecule has 1 aliphatic rings. The standard InChI is InChI=1S/C17H21N3O/c1-4-12(3)13-9-11(2)10-16(17(13)21)20-18-14-7-5-6-8-15(14)19-20/h5-10,12,18-19,21H,4H2,1-3H3. The Morgan fingerprint density at radius 1 is 1.14 bits per heavy atom. The van der Waals surface area contributed by atoms with Crippen LogP contribution in [0.4, 0.5) is 17.1 Å². The summed E-state index contributed by atoms with van der Waals surface area (Å²) in [6.07, 6.45) is 0.998. The average molecular weight is 283 g/mol. The molecule has 1 aliphatic heterocycles. The van der Waals surface area contributed by atoms with Crippen molar-refractivity contribution in [3.63, 3.8) is 0 Å². The van der Waals surface area contributed by atoms with Gasteiger partial charge in [0, 0.05) is 0 Å². The Morgan fingerprint density at radius 3 is 2.33 bits per heavy atom. The van der Waals surface area contributed by atoms with E-state index in [9.17, 15) is 5.11 Å². The lowest BCUT2D eigenvalue weighted by Crippen LogP contribution is -2.29. The molecule has 0 amide bonds. The zero-order valence-electron chi connectivity index (χ0n) is 12.6. The summed E-state index contributed by atoms with van der Waals surface area (Å²) >= 11 is 0. The van der Waals surface area contributed by atoms with Crippen molar-refractivity contribution in [1.29, 1.82) is 0 Å².